The van der Waals surface area contributed by atoms with Crippen molar-refractivity contribution in [3.8, 4) is 51.6 Å². The standard InChI is InChI=1S/C49H28N12/c50-29-30-19-21-31(22-20-30)44-51-47-59(54-44)48-52-45(32-23-25-42-38(27-32)36-15-7-9-17-40(36)57(42)34-11-3-1-4-12-34)56-61(48)49-53-46(55-60(47)49)33-24-26-43-39(28-33)37-16-8-10-18-41(37)58(43)35-13-5-2-6-14-35/h1-28H. The van der Waals surface area contributed by atoms with Crippen molar-refractivity contribution < 1.29 is 0 Å². The van der Waals surface area contributed by atoms with Gasteiger partial charge in [0.1, 0.15) is 0 Å². The van der Waals surface area contributed by atoms with Gasteiger partial charge in [0.25, 0.3) is 17.3 Å². The van der Waals surface area contributed by atoms with Gasteiger partial charge < -0.3 is 9.13 Å². The number of fused-ring (bicyclic) bond motifs is 12. The molecule has 0 fully saturated rings. The SMILES string of the molecule is N#Cc1ccc(-c2nc3n(n2)c2nc(-c4ccc5c(c4)c4ccccc4n5-c4ccccc4)nn2c2nc(-c4ccc5c(c4)c4ccccc4n5-c4ccccc4)nn32)cc1. The molecular weight excluding hydrogens is 757 g/mol. The second kappa shape index (κ2) is 12.5. The second-order valence-electron chi connectivity index (χ2n) is 15.0. The van der Waals surface area contributed by atoms with Crippen LogP contribution in [-0.4, -0.2) is 52.9 Å². The van der Waals surface area contributed by atoms with Gasteiger partial charge in [-0.3, -0.25) is 0 Å². The van der Waals surface area contributed by atoms with Crippen LogP contribution >= 0.6 is 0 Å². The third-order valence-electron chi connectivity index (χ3n) is 11.5. The van der Waals surface area contributed by atoms with E-state index in [-0.39, 0.29) is 0 Å². The molecule has 0 atom stereocenters. The van der Waals surface area contributed by atoms with E-state index in [4.69, 9.17) is 30.2 Å². The van der Waals surface area contributed by atoms with Crippen molar-refractivity contribution in [1.29, 1.82) is 5.26 Å². The van der Waals surface area contributed by atoms with Gasteiger partial charge in [0.05, 0.1) is 33.7 Å². The second-order valence-corrected chi connectivity index (χ2v) is 15.0. The summed E-state index contributed by atoms with van der Waals surface area (Å²) in [4.78, 5) is 15.2. The quantitative estimate of drug-likeness (QED) is 0.170. The predicted molar refractivity (Wildman–Crippen MR) is 236 cm³/mol. The maximum absolute atomic E-state index is 9.45. The highest BCUT2D eigenvalue weighted by atomic mass is 15.5. The maximum atomic E-state index is 9.45. The fourth-order valence-electron chi connectivity index (χ4n) is 8.72. The Labute approximate surface area is 345 Å². The minimum atomic E-state index is 0.419. The first-order valence-electron chi connectivity index (χ1n) is 19.8. The topological polar surface area (TPSA) is 124 Å². The van der Waals surface area contributed by atoms with Gasteiger partial charge in [-0.25, -0.2) is 0 Å². The average molecular weight is 785 g/mol. The van der Waals surface area contributed by atoms with Gasteiger partial charge in [-0.2, -0.15) is 33.8 Å². The summed E-state index contributed by atoms with van der Waals surface area (Å²) in [5.41, 5.74) is 9.54. The van der Waals surface area contributed by atoms with E-state index in [1.165, 1.54) is 0 Å². The molecular formula is C49H28N12. The lowest BCUT2D eigenvalue weighted by Crippen LogP contribution is -2.06. The van der Waals surface area contributed by atoms with Gasteiger partial charge in [0, 0.05) is 49.6 Å². The van der Waals surface area contributed by atoms with Crippen LogP contribution in [-0.2, 0) is 0 Å². The highest BCUT2D eigenvalue weighted by Gasteiger charge is 2.23. The molecule has 0 aliphatic carbocycles. The van der Waals surface area contributed by atoms with E-state index in [0.717, 1.165) is 71.7 Å². The molecule has 6 aromatic heterocycles. The number of benzene rings is 7. The number of para-hydroxylation sites is 4. The number of hydrogen-bond acceptors (Lipinski definition) is 7. The molecule has 284 valence electrons. The van der Waals surface area contributed by atoms with Crippen LogP contribution in [0.4, 0.5) is 0 Å². The lowest BCUT2D eigenvalue weighted by molar-refractivity contribution is 0.817. The van der Waals surface area contributed by atoms with Crippen LogP contribution in [0.1, 0.15) is 5.56 Å². The van der Waals surface area contributed by atoms with Crippen LogP contribution in [0.5, 0.6) is 0 Å². The molecule has 0 aliphatic rings. The number of nitriles is 1. The van der Waals surface area contributed by atoms with Crippen molar-refractivity contribution in [1.82, 2.24) is 52.9 Å². The van der Waals surface area contributed by atoms with Gasteiger partial charge >= 0.3 is 0 Å². The first-order chi connectivity index (χ1) is 30.2. The van der Waals surface area contributed by atoms with Crippen LogP contribution in [0.25, 0.3) is 106 Å². The van der Waals surface area contributed by atoms with Crippen molar-refractivity contribution in [3.63, 3.8) is 0 Å². The highest BCUT2D eigenvalue weighted by molar-refractivity contribution is 6.11. The maximum Gasteiger partial charge on any atom is 0.260 e. The first kappa shape index (κ1) is 33.1. The first-order valence-corrected chi connectivity index (χ1v) is 19.8. The van der Waals surface area contributed by atoms with E-state index in [9.17, 15) is 5.26 Å². The summed E-state index contributed by atoms with van der Waals surface area (Å²) < 4.78 is 9.59. The summed E-state index contributed by atoms with van der Waals surface area (Å²) in [6, 6.07) is 59.7. The van der Waals surface area contributed by atoms with Crippen LogP contribution in [0.3, 0.4) is 0 Å². The molecule has 13 rings (SSSR count). The summed E-state index contributed by atoms with van der Waals surface area (Å²) in [6.07, 6.45) is 0. The predicted octanol–water partition coefficient (Wildman–Crippen LogP) is 9.88. The largest absolute Gasteiger partial charge is 0.309 e. The number of aromatic nitrogens is 11. The van der Waals surface area contributed by atoms with Crippen LogP contribution in [0, 0.1) is 11.3 Å². The third kappa shape index (κ3) is 4.86. The molecule has 7 aromatic carbocycles. The Kier molecular flexibility index (Phi) is 6.79. The normalized spacial score (nSPS) is 11.9. The lowest BCUT2D eigenvalue weighted by Gasteiger charge is -2.07. The van der Waals surface area contributed by atoms with Crippen molar-refractivity contribution in [2.75, 3.05) is 0 Å². The molecule has 13 aromatic rings. The summed E-state index contributed by atoms with van der Waals surface area (Å²) in [5.74, 6) is 2.74. The summed E-state index contributed by atoms with van der Waals surface area (Å²) in [7, 11) is 0. The van der Waals surface area contributed by atoms with E-state index in [2.05, 4.69) is 149 Å². The van der Waals surface area contributed by atoms with Crippen molar-refractivity contribution in [3.05, 3.63) is 175 Å². The van der Waals surface area contributed by atoms with E-state index in [1.807, 2.05) is 24.3 Å². The van der Waals surface area contributed by atoms with Gasteiger partial charge in [-0.1, -0.05) is 72.8 Å². The van der Waals surface area contributed by atoms with E-state index >= 15 is 0 Å². The molecule has 6 heterocycles. The van der Waals surface area contributed by atoms with E-state index in [0.29, 0.717) is 40.4 Å². The van der Waals surface area contributed by atoms with Gasteiger partial charge in [0.2, 0.25) is 0 Å². The molecule has 61 heavy (non-hydrogen) atoms. The molecule has 0 bridgehead atoms. The molecule has 0 N–H and O–H groups in total. The van der Waals surface area contributed by atoms with Crippen molar-refractivity contribution in [2.45, 2.75) is 0 Å². The number of hydrogen-bond donors (Lipinski definition) is 0. The Morgan fingerprint density at radius 2 is 0.738 bits per heavy atom. The Morgan fingerprint density at radius 3 is 1.18 bits per heavy atom. The van der Waals surface area contributed by atoms with Crippen LogP contribution in [0.15, 0.2) is 170 Å². The third-order valence-corrected chi connectivity index (χ3v) is 11.5. The molecule has 0 saturated heterocycles. The average Bonchev–Trinajstić information content (AvgIpc) is 4.16. The molecule has 0 aliphatic heterocycles. The summed E-state index contributed by atoms with van der Waals surface area (Å²) in [5, 5.41) is 29.0. The zero-order chi connectivity index (χ0) is 40.2. The van der Waals surface area contributed by atoms with Gasteiger partial charge in [-0.05, 0) is 97.1 Å². The Hall–Kier alpha value is -8.95. The zero-order valence-corrected chi connectivity index (χ0v) is 32.0. The molecule has 0 spiro atoms. The summed E-state index contributed by atoms with van der Waals surface area (Å²) >= 11 is 0. The number of nitrogens with zero attached hydrogens (tertiary/aromatic N) is 12. The molecule has 0 radical (unpaired) electrons. The molecule has 12 heteroatoms. The summed E-state index contributed by atoms with van der Waals surface area (Å²) in [6.45, 7) is 0. The van der Waals surface area contributed by atoms with E-state index < -0.39 is 0 Å². The fraction of sp³-hybridized carbons (Fsp3) is 0. The zero-order valence-electron chi connectivity index (χ0n) is 32.0. The lowest BCUT2D eigenvalue weighted by atomic mass is 10.1. The van der Waals surface area contributed by atoms with Crippen LogP contribution < -0.4 is 0 Å². The van der Waals surface area contributed by atoms with Crippen molar-refractivity contribution in [2.24, 2.45) is 0 Å². The molecule has 0 saturated carbocycles. The van der Waals surface area contributed by atoms with Gasteiger partial charge in [-0.15, -0.1) is 15.3 Å². The molecule has 0 amide bonds. The Morgan fingerprint density at radius 1 is 0.361 bits per heavy atom. The minimum Gasteiger partial charge on any atom is -0.309 e. The van der Waals surface area contributed by atoms with E-state index in [1.54, 1.807) is 25.7 Å². The van der Waals surface area contributed by atoms with Crippen molar-refractivity contribution >= 4 is 60.9 Å². The molecule has 0 unspecified atom stereocenters. The fourth-order valence-corrected chi connectivity index (χ4v) is 8.72. The minimum absolute atomic E-state index is 0.419. The smallest absolute Gasteiger partial charge is 0.260 e. The monoisotopic (exact) mass is 784 g/mol. The van der Waals surface area contributed by atoms with Gasteiger partial charge in [0.15, 0.2) is 17.5 Å². The Balaban J connectivity index is 1.03. The molecule has 12 nitrogen and oxygen atoms in total. The Bertz CT molecular complexity index is 3710. The van der Waals surface area contributed by atoms with Crippen LogP contribution in [0.2, 0.25) is 0 Å². The number of rotatable bonds is 5. The highest BCUT2D eigenvalue weighted by Crippen LogP contribution is 2.36.